The summed E-state index contributed by atoms with van der Waals surface area (Å²) in [5.41, 5.74) is 0.239. The van der Waals surface area contributed by atoms with Crippen molar-refractivity contribution in [2.75, 3.05) is 12.4 Å². The van der Waals surface area contributed by atoms with Crippen LogP contribution in [0.5, 0.6) is 5.75 Å². The summed E-state index contributed by atoms with van der Waals surface area (Å²) in [4.78, 5) is 22.9. The van der Waals surface area contributed by atoms with Gasteiger partial charge in [-0.25, -0.2) is 0 Å². The third kappa shape index (κ3) is 15.1. The van der Waals surface area contributed by atoms with Crippen molar-refractivity contribution in [2.45, 2.75) is 107 Å². The van der Waals surface area contributed by atoms with E-state index in [1.807, 2.05) is 0 Å². The zero-order valence-electron chi connectivity index (χ0n) is 22.3. The van der Waals surface area contributed by atoms with Gasteiger partial charge >= 0.3 is 0 Å². The predicted molar refractivity (Wildman–Crippen MR) is 162 cm³/mol. The van der Waals surface area contributed by atoms with Crippen molar-refractivity contribution in [2.24, 2.45) is 0 Å². The maximum absolute atomic E-state index is 12.5. The quantitative estimate of drug-likeness (QED) is 0.0362. The second-order valence-corrected chi connectivity index (χ2v) is 12.1. The van der Waals surface area contributed by atoms with E-state index in [4.69, 9.17) is 51.8 Å². The smallest absolute Gasteiger partial charge is 0.273 e. The Bertz CT molecular complexity index is 871. The number of ether oxygens (including phenoxy) is 1. The first-order valence-electron chi connectivity index (χ1n) is 13.3. The van der Waals surface area contributed by atoms with Gasteiger partial charge in [0.05, 0.1) is 23.8 Å². The van der Waals surface area contributed by atoms with Crippen LogP contribution in [0.25, 0.3) is 0 Å². The van der Waals surface area contributed by atoms with Gasteiger partial charge in [-0.1, -0.05) is 119 Å². The van der Waals surface area contributed by atoms with Crippen LogP contribution in [-0.4, -0.2) is 33.0 Å². The Hall–Kier alpha value is -1.55. The minimum Gasteiger partial charge on any atom is -0.494 e. The lowest BCUT2D eigenvalue weighted by Gasteiger charge is -2.28. The molecule has 0 spiro atoms. The average Bonchev–Trinajstić information content (AvgIpc) is 2.86. The number of hydrogen-bond acceptors (Lipinski definition) is 5. The number of carbonyl (C=O) groups is 1. The molecular weight excluding hydrogens is 571 g/mol. The molecule has 0 fully saturated rings. The van der Waals surface area contributed by atoms with Crippen molar-refractivity contribution in [1.29, 1.82) is 0 Å². The number of halogens is 3. The highest BCUT2D eigenvalue weighted by Gasteiger charge is 2.34. The van der Waals surface area contributed by atoms with Gasteiger partial charge in [0.25, 0.3) is 5.69 Å². The second kappa shape index (κ2) is 19.5. The molecule has 3 N–H and O–H groups in total. The maximum Gasteiger partial charge on any atom is 0.273 e. The van der Waals surface area contributed by atoms with Gasteiger partial charge in [-0.2, -0.15) is 0 Å². The maximum atomic E-state index is 12.5. The Morgan fingerprint density at radius 1 is 0.974 bits per heavy atom. The molecule has 0 aliphatic heterocycles. The molecule has 8 nitrogen and oxygen atoms in total. The van der Waals surface area contributed by atoms with Gasteiger partial charge in [-0.05, 0) is 24.7 Å². The highest BCUT2D eigenvalue weighted by Crippen LogP contribution is 2.31. The monoisotopic (exact) mass is 610 g/mol. The number of nitro benzene ring substituents is 1. The fourth-order valence-electron chi connectivity index (χ4n) is 3.92. The van der Waals surface area contributed by atoms with Gasteiger partial charge in [-0.15, -0.1) is 0 Å². The van der Waals surface area contributed by atoms with E-state index in [0.29, 0.717) is 12.1 Å². The summed E-state index contributed by atoms with van der Waals surface area (Å²) in [5, 5.41) is 19.3. The number of non-ortho nitro benzene ring substituents is 1. The molecule has 0 radical (unpaired) electrons. The molecule has 0 aliphatic carbocycles. The van der Waals surface area contributed by atoms with E-state index >= 15 is 0 Å². The summed E-state index contributed by atoms with van der Waals surface area (Å²) < 4.78 is 3.31. The molecule has 1 atom stereocenters. The minimum atomic E-state index is -1.88. The molecule has 1 unspecified atom stereocenters. The molecule has 0 heterocycles. The average molecular weight is 612 g/mol. The number of thiocarbonyl (C=S) groups is 1. The van der Waals surface area contributed by atoms with Gasteiger partial charge < -0.3 is 20.7 Å². The summed E-state index contributed by atoms with van der Waals surface area (Å²) in [5.74, 6) is -0.0483. The Kier molecular flexibility index (Phi) is 17.7. The molecule has 0 saturated heterocycles. The van der Waals surface area contributed by atoms with Gasteiger partial charge in [0.1, 0.15) is 11.9 Å². The molecule has 38 heavy (non-hydrogen) atoms. The summed E-state index contributed by atoms with van der Waals surface area (Å²) in [6.45, 7) is 2.24. The van der Waals surface area contributed by atoms with Crippen molar-refractivity contribution in [3.8, 4) is 5.75 Å². The number of carbonyl (C=O) groups excluding carboxylic acids is 1. The molecule has 12 heteroatoms. The number of nitrogens with one attached hydrogen (secondary N) is 3. The molecule has 1 rings (SSSR count). The van der Waals surface area contributed by atoms with E-state index in [9.17, 15) is 14.9 Å². The lowest BCUT2D eigenvalue weighted by molar-refractivity contribution is -0.384. The number of amides is 1. The van der Waals surface area contributed by atoms with E-state index < -0.39 is 14.9 Å². The van der Waals surface area contributed by atoms with Crippen LogP contribution in [0.3, 0.4) is 0 Å². The van der Waals surface area contributed by atoms with Crippen molar-refractivity contribution < 1.29 is 14.5 Å². The summed E-state index contributed by atoms with van der Waals surface area (Å²) in [6.07, 6.45) is 15.1. The third-order valence-corrected chi connectivity index (χ3v) is 6.93. The molecular formula is C26H41Cl3N4O4S. The highest BCUT2D eigenvalue weighted by molar-refractivity contribution is 7.80. The van der Waals surface area contributed by atoms with E-state index in [0.717, 1.165) is 19.3 Å². The lowest BCUT2D eigenvalue weighted by atomic mass is 10.0. The number of unbranched alkanes of at least 4 members (excludes halogenated alkanes) is 12. The number of anilines is 1. The highest BCUT2D eigenvalue weighted by atomic mass is 35.6. The van der Waals surface area contributed by atoms with E-state index in [2.05, 4.69) is 22.9 Å². The normalized spacial score (nSPS) is 12.0. The fourth-order valence-corrected chi connectivity index (χ4v) is 4.48. The SMILES string of the molecule is CCCCCCCCCCCCCCCC(=O)NC(NC(=S)Nc1ccc([N+](=O)[O-])cc1OC)C(Cl)(Cl)Cl. The topological polar surface area (TPSA) is 106 Å². The molecule has 1 aromatic carbocycles. The largest absolute Gasteiger partial charge is 0.494 e. The van der Waals surface area contributed by atoms with Crippen LogP contribution in [0.2, 0.25) is 0 Å². The summed E-state index contributed by atoms with van der Waals surface area (Å²) in [7, 11) is 1.38. The number of nitrogens with zero attached hydrogens (tertiary/aromatic N) is 1. The molecule has 0 saturated carbocycles. The van der Waals surface area contributed by atoms with Gasteiger partial charge in [0.15, 0.2) is 5.11 Å². The Morgan fingerprint density at radius 2 is 1.50 bits per heavy atom. The van der Waals surface area contributed by atoms with Crippen LogP contribution >= 0.6 is 47.0 Å². The van der Waals surface area contributed by atoms with E-state index in [1.54, 1.807) is 0 Å². The van der Waals surface area contributed by atoms with Crippen LogP contribution in [-0.2, 0) is 4.79 Å². The Balaban J connectivity index is 2.35. The molecule has 216 valence electrons. The second-order valence-electron chi connectivity index (χ2n) is 9.27. The first-order chi connectivity index (χ1) is 18.1. The molecule has 0 aromatic heterocycles. The third-order valence-electron chi connectivity index (χ3n) is 6.06. The number of benzene rings is 1. The zero-order chi connectivity index (χ0) is 28.4. The minimum absolute atomic E-state index is 0.0368. The predicted octanol–water partition coefficient (Wildman–Crippen LogP) is 8.18. The molecule has 1 amide bonds. The van der Waals surface area contributed by atoms with Gasteiger partial charge in [0.2, 0.25) is 9.70 Å². The molecule has 0 aliphatic rings. The Morgan fingerprint density at radius 3 is 1.97 bits per heavy atom. The van der Waals surface area contributed by atoms with Crippen molar-refractivity contribution in [3.05, 3.63) is 28.3 Å². The molecule has 0 bridgehead atoms. The summed E-state index contributed by atoms with van der Waals surface area (Å²) >= 11 is 23.5. The lowest BCUT2D eigenvalue weighted by Crippen LogP contribution is -2.56. The molecule has 1 aromatic rings. The van der Waals surface area contributed by atoms with Crippen LogP contribution < -0.4 is 20.7 Å². The summed E-state index contributed by atoms with van der Waals surface area (Å²) in [6, 6.07) is 4.01. The van der Waals surface area contributed by atoms with Crippen molar-refractivity contribution in [3.63, 3.8) is 0 Å². The van der Waals surface area contributed by atoms with Gasteiger partial charge in [0, 0.05) is 12.5 Å². The van der Waals surface area contributed by atoms with E-state index in [-0.39, 0.29) is 22.5 Å². The Labute approximate surface area is 247 Å². The van der Waals surface area contributed by atoms with Crippen molar-refractivity contribution in [1.82, 2.24) is 10.6 Å². The number of rotatable bonds is 19. The van der Waals surface area contributed by atoms with Crippen LogP contribution in [0, 0.1) is 10.1 Å². The zero-order valence-corrected chi connectivity index (χ0v) is 25.4. The first-order valence-corrected chi connectivity index (χ1v) is 14.9. The fraction of sp³-hybridized carbons (Fsp3) is 0.692. The van der Waals surface area contributed by atoms with Crippen molar-refractivity contribution >= 4 is 69.4 Å². The van der Waals surface area contributed by atoms with E-state index in [1.165, 1.54) is 89.5 Å². The van der Waals surface area contributed by atoms with Crippen LogP contribution in [0.15, 0.2) is 18.2 Å². The standard InChI is InChI=1S/C26H41Cl3N4O4S/c1-3-4-5-6-7-8-9-10-11-12-13-14-15-16-23(34)31-24(26(27,28)29)32-25(38)30-21-18-17-20(33(35)36)19-22(21)37-2/h17-19,24H,3-16H2,1-2H3,(H,31,34)(H2,30,32,38). The number of nitro groups is 1. The van der Waals surface area contributed by atoms with Gasteiger partial charge in [-0.3, -0.25) is 14.9 Å². The number of alkyl halides is 3. The van der Waals surface area contributed by atoms with Crippen LogP contribution in [0.4, 0.5) is 11.4 Å². The number of hydrogen-bond donors (Lipinski definition) is 3. The number of methoxy groups -OCH3 is 1. The first kappa shape index (κ1) is 34.5. The van der Waals surface area contributed by atoms with Crippen LogP contribution in [0.1, 0.15) is 96.8 Å².